The van der Waals surface area contributed by atoms with E-state index in [0.717, 1.165) is 43.6 Å². The van der Waals surface area contributed by atoms with Crippen LogP contribution in [0.5, 0.6) is 0 Å². The summed E-state index contributed by atoms with van der Waals surface area (Å²) < 4.78 is 1.85. The molecule has 1 saturated heterocycles. The Morgan fingerprint density at radius 2 is 2.00 bits per heavy atom. The highest BCUT2D eigenvalue weighted by molar-refractivity contribution is 5.96. The quantitative estimate of drug-likeness (QED) is 0.734. The molecule has 3 rings (SSSR count). The highest BCUT2D eigenvalue weighted by atomic mass is 16.2. The number of piperidine rings is 1. The third kappa shape index (κ3) is 2.06. The molecule has 5 nitrogen and oxygen atoms in total. The average Bonchev–Trinajstić information content (AvgIpc) is 2.73. The number of carbonyl (C=O) groups excluding carboxylic acids is 1. The van der Waals surface area contributed by atoms with Gasteiger partial charge in [-0.05, 0) is 53.1 Å². The summed E-state index contributed by atoms with van der Waals surface area (Å²) in [6, 6.07) is 0. The summed E-state index contributed by atoms with van der Waals surface area (Å²) >= 11 is 0. The second-order valence-corrected chi connectivity index (χ2v) is 6.76. The molecule has 0 aliphatic carbocycles. The van der Waals surface area contributed by atoms with Gasteiger partial charge in [0.05, 0.1) is 11.7 Å². The molecule has 0 atom stereocenters. The molecule has 1 spiro atoms. The van der Waals surface area contributed by atoms with E-state index in [-0.39, 0.29) is 17.0 Å². The molecule has 5 heteroatoms. The first-order chi connectivity index (χ1) is 8.91. The molecule has 2 N–H and O–H groups in total. The first-order valence-electron chi connectivity index (χ1n) is 7.02. The van der Waals surface area contributed by atoms with Crippen LogP contribution in [-0.4, -0.2) is 34.3 Å². The van der Waals surface area contributed by atoms with Gasteiger partial charge in [0.1, 0.15) is 5.69 Å². The molecule has 1 fully saturated rings. The number of hydrogen-bond acceptors (Lipinski definition) is 3. The molecule has 104 valence electrons. The summed E-state index contributed by atoms with van der Waals surface area (Å²) in [6.07, 6.45) is 4.78. The first kappa shape index (κ1) is 12.7. The van der Waals surface area contributed by atoms with E-state index >= 15 is 0 Å². The minimum absolute atomic E-state index is 0.0376. The van der Waals surface area contributed by atoms with Crippen molar-refractivity contribution in [1.29, 1.82) is 0 Å². The molecule has 1 aromatic rings. The highest BCUT2D eigenvalue weighted by Crippen LogP contribution is 2.31. The van der Waals surface area contributed by atoms with Crippen molar-refractivity contribution in [3.8, 4) is 0 Å². The highest BCUT2D eigenvalue weighted by Gasteiger charge is 2.41. The van der Waals surface area contributed by atoms with Crippen LogP contribution in [0, 0.1) is 0 Å². The molecule has 0 unspecified atom stereocenters. The molecule has 0 radical (unpaired) electrons. The van der Waals surface area contributed by atoms with Crippen molar-refractivity contribution in [3.05, 3.63) is 17.5 Å². The van der Waals surface area contributed by atoms with Crippen LogP contribution in [0.25, 0.3) is 0 Å². The SMILES string of the molecule is CC(C)(C)n1ncc2c1C(=O)NC1(CCNCC1)C2. The fourth-order valence-electron chi connectivity index (χ4n) is 3.18. The van der Waals surface area contributed by atoms with Crippen LogP contribution in [0.15, 0.2) is 6.20 Å². The fourth-order valence-corrected chi connectivity index (χ4v) is 3.18. The van der Waals surface area contributed by atoms with Gasteiger partial charge in [-0.1, -0.05) is 0 Å². The second kappa shape index (κ2) is 4.07. The maximum atomic E-state index is 12.5. The summed E-state index contributed by atoms with van der Waals surface area (Å²) in [4.78, 5) is 12.5. The monoisotopic (exact) mass is 262 g/mol. The first-order valence-corrected chi connectivity index (χ1v) is 7.02. The van der Waals surface area contributed by atoms with E-state index in [1.807, 2.05) is 10.9 Å². The van der Waals surface area contributed by atoms with Gasteiger partial charge >= 0.3 is 0 Å². The van der Waals surface area contributed by atoms with Crippen molar-refractivity contribution in [2.24, 2.45) is 0 Å². The number of fused-ring (bicyclic) bond motifs is 1. The van der Waals surface area contributed by atoms with Gasteiger partial charge in [-0.15, -0.1) is 0 Å². The van der Waals surface area contributed by atoms with E-state index in [1.165, 1.54) is 0 Å². The molecular weight excluding hydrogens is 240 g/mol. The molecule has 2 aliphatic rings. The lowest BCUT2D eigenvalue weighted by atomic mass is 9.80. The number of rotatable bonds is 0. The average molecular weight is 262 g/mol. The zero-order valence-corrected chi connectivity index (χ0v) is 11.9. The van der Waals surface area contributed by atoms with E-state index in [9.17, 15) is 4.79 Å². The Morgan fingerprint density at radius 1 is 1.32 bits per heavy atom. The van der Waals surface area contributed by atoms with Crippen LogP contribution in [0.2, 0.25) is 0 Å². The summed E-state index contributed by atoms with van der Waals surface area (Å²) in [7, 11) is 0. The summed E-state index contributed by atoms with van der Waals surface area (Å²) in [5.74, 6) is 0.0376. The smallest absolute Gasteiger partial charge is 0.270 e. The lowest BCUT2D eigenvalue weighted by Gasteiger charge is -2.41. The van der Waals surface area contributed by atoms with Gasteiger partial charge in [-0.3, -0.25) is 9.48 Å². The van der Waals surface area contributed by atoms with Crippen molar-refractivity contribution < 1.29 is 4.79 Å². The maximum absolute atomic E-state index is 12.5. The lowest BCUT2D eigenvalue weighted by Crippen LogP contribution is -2.58. The molecule has 0 aromatic carbocycles. The number of aromatic nitrogens is 2. The maximum Gasteiger partial charge on any atom is 0.270 e. The zero-order chi connectivity index (χ0) is 13.7. The van der Waals surface area contributed by atoms with Crippen molar-refractivity contribution in [1.82, 2.24) is 20.4 Å². The van der Waals surface area contributed by atoms with Crippen molar-refractivity contribution in [2.45, 2.75) is 51.1 Å². The van der Waals surface area contributed by atoms with Crippen molar-refractivity contribution >= 4 is 5.91 Å². The van der Waals surface area contributed by atoms with Crippen LogP contribution in [-0.2, 0) is 12.0 Å². The molecule has 1 amide bonds. The molecule has 0 saturated carbocycles. The number of nitrogens with zero attached hydrogens (tertiary/aromatic N) is 2. The number of amides is 1. The number of carbonyl (C=O) groups is 1. The standard InChI is InChI=1S/C14H22N4O/c1-13(2,3)18-11-10(9-16-18)8-14(17-12(11)19)4-6-15-7-5-14/h9,15H,4-8H2,1-3H3,(H,17,19). The van der Waals surface area contributed by atoms with E-state index in [0.29, 0.717) is 0 Å². The summed E-state index contributed by atoms with van der Waals surface area (Å²) in [6.45, 7) is 8.17. The van der Waals surface area contributed by atoms with Crippen LogP contribution in [0.3, 0.4) is 0 Å². The Morgan fingerprint density at radius 3 is 2.63 bits per heavy atom. The number of hydrogen-bond donors (Lipinski definition) is 2. The largest absolute Gasteiger partial charge is 0.345 e. The van der Waals surface area contributed by atoms with Crippen LogP contribution < -0.4 is 10.6 Å². The Balaban J connectivity index is 1.98. The fraction of sp³-hybridized carbons (Fsp3) is 0.714. The predicted molar refractivity (Wildman–Crippen MR) is 73.2 cm³/mol. The second-order valence-electron chi connectivity index (χ2n) is 6.76. The summed E-state index contributed by atoms with van der Waals surface area (Å²) in [5, 5.41) is 11.0. The zero-order valence-electron chi connectivity index (χ0n) is 11.9. The van der Waals surface area contributed by atoms with Gasteiger partial charge in [0.2, 0.25) is 0 Å². The molecule has 2 aliphatic heterocycles. The van der Waals surface area contributed by atoms with Gasteiger partial charge < -0.3 is 10.6 Å². The van der Waals surface area contributed by atoms with Gasteiger partial charge in [0.25, 0.3) is 5.91 Å². The van der Waals surface area contributed by atoms with Crippen LogP contribution in [0.4, 0.5) is 0 Å². The Kier molecular flexibility index (Phi) is 2.71. The van der Waals surface area contributed by atoms with Gasteiger partial charge in [-0.25, -0.2) is 0 Å². The molecule has 3 heterocycles. The summed E-state index contributed by atoms with van der Waals surface area (Å²) in [5.41, 5.74) is 1.63. The minimum atomic E-state index is -0.163. The van der Waals surface area contributed by atoms with E-state index < -0.39 is 0 Å². The third-order valence-corrected chi connectivity index (χ3v) is 4.16. The third-order valence-electron chi connectivity index (χ3n) is 4.16. The predicted octanol–water partition coefficient (Wildman–Crippen LogP) is 1.05. The van der Waals surface area contributed by atoms with E-state index in [2.05, 4.69) is 36.5 Å². The van der Waals surface area contributed by atoms with Crippen molar-refractivity contribution in [3.63, 3.8) is 0 Å². The Labute approximate surface area is 113 Å². The molecule has 0 bridgehead atoms. The topological polar surface area (TPSA) is 59.0 Å². The molecule has 19 heavy (non-hydrogen) atoms. The van der Waals surface area contributed by atoms with E-state index in [4.69, 9.17) is 0 Å². The minimum Gasteiger partial charge on any atom is -0.345 e. The van der Waals surface area contributed by atoms with Crippen LogP contribution in [0.1, 0.15) is 49.7 Å². The molecule has 1 aromatic heterocycles. The van der Waals surface area contributed by atoms with Gasteiger partial charge in [0, 0.05) is 11.1 Å². The Bertz CT molecular complexity index is 506. The van der Waals surface area contributed by atoms with Crippen molar-refractivity contribution in [2.75, 3.05) is 13.1 Å². The van der Waals surface area contributed by atoms with Gasteiger partial charge in [0.15, 0.2) is 0 Å². The van der Waals surface area contributed by atoms with Gasteiger partial charge in [-0.2, -0.15) is 5.10 Å². The molecular formula is C14H22N4O. The lowest BCUT2D eigenvalue weighted by molar-refractivity contribution is 0.0830. The number of nitrogens with one attached hydrogen (secondary N) is 2. The van der Waals surface area contributed by atoms with Crippen LogP contribution >= 0.6 is 0 Å². The van der Waals surface area contributed by atoms with E-state index in [1.54, 1.807) is 0 Å². The Hall–Kier alpha value is -1.36. The normalized spacial score (nSPS) is 22.2.